The molecule has 6 heteroatoms. The van der Waals surface area contributed by atoms with Gasteiger partial charge in [-0.05, 0) is 35.6 Å². The first-order valence-electron chi connectivity index (χ1n) is 3.81. The van der Waals surface area contributed by atoms with Gasteiger partial charge in [0.2, 0.25) is 0 Å². The van der Waals surface area contributed by atoms with Gasteiger partial charge in [0.05, 0.1) is 10.2 Å². The smallest absolute Gasteiger partial charge is 0.434 e. The predicted molar refractivity (Wildman–Crippen MR) is 53.1 cm³/mol. The first kappa shape index (κ1) is 11.5. The van der Waals surface area contributed by atoms with E-state index in [4.69, 9.17) is 4.74 Å². The van der Waals surface area contributed by atoms with Crippen molar-refractivity contribution in [3.63, 3.8) is 0 Å². The number of ether oxygens (including phenoxy) is 1. The van der Waals surface area contributed by atoms with Crippen LogP contribution in [-0.2, 0) is 6.18 Å². The van der Waals surface area contributed by atoms with Crippen molar-refractivity contribution in [2.75, 3.05) is 6.61 Å². The highest BCUT2D eigenvalue weighted by molar-refractivity contribution is 14.1. The Morgan fingerprint density at radius 3 is 2.64 bits per heavy atom. The van der Waals surface area contributed by atoms with E-state index in [0.29, 0.717) is 6.61 Å². The molecule has 2 nitrogen and oxygen atoms in total. The quantitative estimate of drug-likeness (QED) is 0.782. The molecule has 0 aliphatic carbocycles. The van der Waals surface area contributed by atoms with Crippen molar-refractivity contribution in [2.45, 2.75) is 13.1 Å². The Morgan fingerprint density at radius 1 is 1.50 bits per heavy atom. The summed E-state index contributed by atoms with van der Waals surface area (Å²) in [5, 5.41) is 0. The molecule has 1 aromatic rings. The molecular weight excluding hydrogens is 310 g/mol. The molecule has 0 bridgehead atoms. The highest BCUT2D eigenvalue weighted by atomic mass is 127. The fourth-order valence-corrected chi connectivity index (χ4v) is 1.67. The molecule has 0 aromatic carbocycles. The molecule has 14 heavy (non-hydrogen) atoms. The third kappa shape index (κ3) is 2.49. The molecule has 0 amide bonds. The zero-order valence-electron chi connectivity index (χ0n) is 7.23. The average Bonchev–Trinajstić information content (AvgIpc) is 2.07. The summed E-state index contributed by atoms with van der Waals surface area (Å²) in [6.07, 6.45) is -3.33. The van der Waals surface area contributed by atoms with E-state index in [1.54, 1.807) is 29.5 Å². The topological polar surface area (TPSA) is 22.1 Å². The Kier molecular flexibility index (Phi) is 3.57. The zero-order chi connectivity index (χ0) is 10.8. The minimum absolute atomic E-state index is 0.000509. The number of alkyl halides is 3. The van der Waals surface area contributed by atoms with Gasteiger partial charge in [-0.2, -0.15) is 13.2 Å². The second-order valence-corrected chi connectivity index (χ2v) is 3.48. The molecule has 0 unspecified atom stereocenters. The minimum Gasteiger partial charge on any atom is -0.493 e. The van der Waals surface area contributed by atoms with E-state index in [9.17, 15) is 13.2 Å². The van der Waals surface area contributed by atoms with Crippen molar-refractivity contribution in [1.29, 1.82) is 0 Å². The maximum Gasteiger partial charge on any atom is 0.434 e. The van der Waals surface area contributed by atoms with E-state index < -0.39 is 11.9 Å². The van der Waals surface area contributed by atoms with Crippen molar-refractivity contribution in [3.05, 3.63) is 21.5 Å². The number of nitrogens with zero attached hydrogens (tertiary/aromatic N) is 1. The van der Waals surface area contributed by atoms with Crippen LogP contribution in [0.1, 0.15) is 12.6 Å². The molecule has 0 atom stereocenters. The monoisotopic (exact) mass is 317 g/mol. The van der Waals surface area contributed by atoms with Crippen LogP contribution >= 0.6 is 22.6 Å². The second kappa shape index (κ2) is 4.33. The summed E-state index contributed by atoms with van der Waals surface area (Å²) < 4.78 is 42.1. The van der Waals surface area contributed by atoms with Crippen molar-refractivity contribution in [1.82, 2.24) is 4.98 Å². The fraction of sp³-hybridized carbons (Fsp3) is 0.375. The van der Waals surface area contributed by atoms with E-state index in [-0.39, 0.29) is 9.32 Å². The van der Waals surface area contributed by atoms with Crippen LogP contribution in [0.4, 0.5) is 13.2 Å². The Balaban J connectivity index is 3.14. The lowest BCUT2D eigenvalue weighted by Crippen LogP contribution is -2.11. The van der Waals surface area contributed by atoms with Gasteiger partial charge in [0.1, 0.15) is 5.75 Å². The summed E-state index contributed by atoms with van der Waals surface area (Å²) in [6, 6.07) is 1.42. The predicted octanol–water partition coefficient (Wildman–Crippen LogP) is 3.10. The Labute approximate surface area is 92.6 Å². The van der Waals surface area contributed by atoms with E-state index in [1.165, 1.54) is 6.07 Å². The van der Waals surface area contributed by atoms with Gasteiger partial charge in [-0.1, -0.05) is 0 Å². The summed E-state index contributed by atoms with van der Waals surface area (Å²) in [4.78, 5) is 3.28. The first-order valence-corrected chi connectivity index (χ1v) is 4.89. The van der Waals surface area contributed by atoms with E-state index >= 15 is 0 Å². The lowest BCUT2D eigenvalue weighted by molar-refractivity contribution is -0.142. The summed E-state index contributed by atoms with van der Waals surface area (Å²) in [6.45, 7) is 2.04. The number of hydrogen-bond donors (Lipinski definition) is 0. The molecule has 0 saturated heterocycles. The van der Waals surface area contributed by atoms with Crippen molar-refractivity contribution in [2.24, 2.45) is 0 Å². The van der Waals surface area contributed by atoms with Gasteiger partial charge >= 0.3 is 6.18 Å². The largest absolute Gasteiger partial charge is 0.493 e. The number of halogens is 4. The summed E-state index contributed by atoms with van der Waals surface area (Å²) >= 11 is 1.58. The van der Waals surface area contributed by atoms with Gasteiger partial charge < -0.3 is 4.74 Å². The van der Waals surface area contributed by atoms with Crippen LogP contribution in [0.15, 0.2) is 12.3 Å². The summed E-state index contributed by atoms with van der Waals surface area (Å²) in [7, 11) is 0. The molecule has 1 rings (SSSR count). The molecule has 0 radical (unpaired) electrons. The van der Waals surface area contributed by atoms with Crippen LogP contribution in [0.25, 0.3) is 0 Å². The van der Waals surface area contributed by atoms with E-state index in [0.717, 1.165) is 6.20 Å². The standard InChI is InChI=1S/C8H7F3INO/c1-2-14-5-3-4-13-7(6(5)12)8(9,10)11/h3-4H,2H2,1H3. The molecular formula is C8H7F3INO. The van der Waals surface area contributed by atoms with E-state index in [1.807, 2.05) is 0 Å². The number of aromatic nitrogens is 1. The molecule has 0 N–H and O–H groups in total. The van der Waals surface area contributed by atoms with Gasteiger partial charge in [-0.15, -0.1) is 0 Å². The molecule has 78 valence electrons. The number of pyridine rings is 1. The van der Waals surface area contributed by atoms with Gasteiger partial charge in [-0.25, -0.2) is 0 Å². The van der Waals surface area contributed by atoms with Gasteiger partial charge in [0.25, 0.3) is 0 Å². The number of hydrogen-bond acceptors (Lipinski definition) is 2. The van der Waals surface area contributed by atoms with Gasteiger partial charge in [-0.3, -0.25) is 4.98 Å². The van der Waals surface area contributed by atoms with Crippen LogP contribution < -0.4 is 4.74 Å². The normalized spacial score (nSPS) is 11.5. The van der Waals surface area contributed by atoms with Crippen LogP contribution in [0, 0.1) is 3.57 Å². The Morgan fingerprint density at radius 2 is 2.14 bits per heavy atom. The summed E-state index contributed by atoms with van der Waals surface area (Å²) in [5.41, 5.74) is -0.899. The molecule has 0 spiro atoms. The average molecular weight is 317 g/mol. The van der Waals surface area contributed by atoms with Crippen molar-refractivity contribution in [3.8, 4) is 5.75 Å². The summed E-state index contributed by atoms with van der Waals surface area (Å²) in [5.74, 6) is 0.218. The molecule has 0 fully saturated rings. The van der Waals surface area contributed by atoms with Crippen LogP contribution in [-0.4, -0.2) is 11.6 Å². The third-order valence-corrected chi connectivity index (χ3v) is 2.46. The zero-order valence-corrected chi connectivity index (χ0v) is 9.39. The fourth-order valence-electron chi connectivity index (χ4n) is 0.891. The van der Waals surface area contributed by atoms with Crippen molar-refractivity contribution >= 4 is 22.6 Å². The highest BCUT2D eigenvalue weighted by Crippen LogP contribution is 2.34. The molecule has 0 aliphatic rings. The maximum atomic E-state index is 12.3. The maximum absolute atomic E-state index is 12.3. The van der Waals surface area contributed by atoms with Crippen molar-refractivity contribution < 1.29 is 17.9 Å². The SMILES string of the molecule is CCOc1ccnc(C(F)(F)F)c1I. The second-order valence-electron chi connectivity index (χ2n) is 2.40. The van der Waals surface area contributed by atoms with Crippen LogP contribution in [0.5, 0.6) is 5.75 Å². The van der Waals surface area contributed by atoms with Gasteiger partial charge in [0, 0.05) is 6.20 Å². The van der Waals surface area contributed by atoms with E-state index in [2.05, 4.69) is 4.98 Å². The van der Waals surface area contributed by atoms with Crippen LogP contribution in [0.2, 0.25) is 0 Å². The third-order valence-electron chi connectivity index (χ3n) is 1.42. The van der Waals surface area contributed by atoms with Crippen LogP contribution in [0.3, 0.4) is 0 Å². The molecule has 1 aromatic heterocycles. The lowest BCUT2D eigenvalue weighted by Gasteiger charge is -2.11. The molecule has 1 heterocycles. The first-order chi connectivity index (χ1) is 6.46. The highest BCUT2D eigenvalue weighted by Gasteiger charge is 2.35. The Hall–Kier alpha value is -0.530. The number of rotatable bonds is 2. The molecule has 0 saturated carbocycles. The minimum atomic E-state index is -4.43. The molecule has 0 aliphatic heterocycles. The van der Waals surface area contributed by atoms with Gasteiger partial charge in [0.15, 0.2) is 5.69 Å². The lowest BCUT2D eigenvalue weighted by atomic mass is 10.3. The Bertz CT molecular complexity index is 327.